The first kappa shape index (κ1) is 35.7. The van der Waals surface area contributed by atoms with E-state index in [4.69, 9.17) is 29.9 Å². The number of thiophene rings is 1. The molecule has 7 nitrogen and oxygen atoms in total. The zero-order valence-electron chi connectivity index (χ0n) is 33.1. The minimum atomic E-state index is 0.531. The molecule has 0 radical (unpaired) electrons. The molecule has 0 atom stereocenters. The van der Waals surface area contributed by atoms with Gasteiger partial charge >= 0.3 is 0 Å². The first-order valence-corrected chi connectivity index (χ1v) is 21.3. The average Bonchev–Trinajstić information content (AvgIpc) is 3.88. The SMILES string of the molecule is c1ccc(-c2nc(-c3ccccc3)nc(-c3ccc(-n4c5ccccc5c5cc6sc7ccccc7c6cc54)c(-c4nc(-c5ccccc5)nc(-c5ccccc5)n4)c3)n2)cc1. The number of nitrogens with zero attached hydrogens (tertiary/aromatic N) is 7. The Kier molecular flexibility index (Phi) is 8.53. The van der Waals surface area contributed by atoms with Gasteiger partial charge in [-0.15, -0.1) is 11.3 Å². The van der Waals surface area contributed by atoms with Crippen LogP contribution in [0, 0.1) is 0 Å². The van der Waals surface area contributed by atoms with Crippen LogP contribution in [0.5, 0.6) is 0 Å². The van der Waals surface area contributed by atoms with Crippen LogP contribution in [-0.2, 0) is 0 Å². The smallest absolute Gasteiger partial charge is 0.166 e. The highest BCUT2D eigenvalue weighted by molar-refractivity contribution is 7.25. The van der Waals surface area contributed by atoms with Crippen molar-refractivity contribution in [2.45, 2.75) is 0 Å². The molecule has 0 aliphatic carbocycles. The van der Waals surface area contributed by atoms with Gasteiger partial charge in [-0.05, 0) is 42.5 Å². The number of benzene rings is 8. The van der Waals surface area contributed by atoms with E-state index < -0.39 is 0 Å². The van der Waals surface area contributed by atoms with Crippen molar-refractivity contribution in [1.82, 2.24) is 34.5 Å². The standard InChI is InChI=1S/C54H33N7S/c1-5-17-34(18-6-1)49-55-50(35-19-7-2-8-20-35)58-53(57-49)38-29-30-45(43(31-38)54-59-51(36-21-9-3-10-22-36)56-52(60-54)37-23-11-4-12-24-37)61-44-27-15-13-25-39(44)41-33-48-42(32-46(41)61)40-26-14-16-28-47(40)62-48/h1-33H. The summed E-state index contributed by atoms with van der Waals surface area (Å²) < 4.78 is 4.89. The van der Waals surface area contributed by atoms with Gasteiger partial charge in [-0.25, -0.2) is 29.9 Å². The molecule has 12 aromatic rings. The van der Waals surface area contributed by atoms with Gasteiger partial charge in [0.15, 0.2) is 34.9 Å². The molecule has 0 aliphatic rings. The topological polar surface area (TPSA) is 82.3 Å². The van der Waals surface area contributed by atoms with Crippen molar-refractivity contribution < 1.29 is 0 Å². The Morgan fingerprint density at radius 2 is 0.742 bits per heavy atom. The molecule has 0 saturated heterocycles. The van der Waals surface area contributed by atoms with Crippen molar-refractivity contribution in [3.63, 3.8) is 0 Å². The van der Waals surface area contributed by atoms with Crippen molar-refractivity contribution >= 4 is 53.3 Å². The molecule has 0 saturated carbocycles. The van der Waals surface area contributed by atoms with Gasteiger partial charge in [0.1, 0.15) is 0 Å². The van der Waals surface area contributed by atoms with E-state index in [0.717, 1.165) is 50.1 Å². The van der Waals surface area contributed by atoms with E-state index >= 15 is 0 Å². The van der Waals surface area contributed by atoms with Gasteiger partial charge < -0.3 is 4.57 Å². The third kappa shape index (κ3) is 6.20. The van der Waals surface area contributed by atoms with E-state index in [9.17, 15) is 0 Å². The lowest BCUT2D eigenvalue weighted by Gasteiger charge is -2.16. The van der Waals surface area contributed by atoms with Gasteiger partial charge in [0, 0.05) is 64.3 Å². The van der Waals surface area contributed by atoms with Gasteiger partial charge in [0.2, 0.25) is 0 Å². The minimum absolute atomic E-state index is 0.531. The quantitative estimate of drug-likeness (QED) is 0.159. The highest BCUT2D eigenvalue weighted by Crippen LogP contribution is 2.43. The van der Waals surface area contributed by atoms with Crippen LogP contribution in [0.2, 0.25) is 0 Å². The van der Waals surface area contributed by atoms with Crippen LogP contribution in [0.1, 0.15) is 0 Å². The molecule has 0 bridgehead atoms. The van der Waals surface area contributed by atoms with E-state index in [1.54, 1.807) is 0 Å². The second kappa shape index (κ2) is 14.8. The number of hydrogen-bond donors (Lipinski definition) is 0. The van der Waals surface area contributed by atoms with Crippen molar-refractivity contribution in [3.8, 4) is 74.0 Å². The number of fused-ring (bicyclic) bond motifs is 6. The van der Waals surface area contributed by atoms with Crippen LogP contribution >= 0.6 is 11.3 Å². The van der Waals surface area contributed by atoms with Gasteiger partial charge in [0.05, 0.1) is 16.7 Å². The third-order valence-electron chi connectivity index (χ3n) is 11.3. The summed E-state index contributed by atoms with van der Waals surface area (Å²) in [6, 6.07) is 68.7. The summed E-state index contributed by atoms with van der Waals surface area (Å²) in [5, 5.41) is 4.82. The maximum absolute atomic E-state index is 5.29. The van der Waals surface area contributed by atoms with Gasteiger partial charge in [0.25, 0.3) is 0 Å². The van der Waals surface area contributed by atoms with Crippen molar-refractivity contribution in [1.29, 1.82) is 0 Å². The molecule has 0 N–H and O–H groups in total. The zero-order chi connectivity index (χ0) is 41.0. The van der Waals surface area contributed by atoms with E-state index in [1.807, 2.05) is 133 Å². The monoisotopic (exact) mass is 811 g/mol. The second-order valence-electron chi connectivity index (χ2n) is 15.1. The molecule has 62 heavy (non-hydrogen) atoms. The van der Waals surface area contributed by atoms with Crippen LogP contribution < -0.4 is 0 Å². The summed E-state index contributed by atoms with van der Waals surface area (Å²) in [6.45, 7) is 0. The Balaban J connectivity index is 1.17. The molecule has 4 aromatic heterocycles. The van der Waals surface area contributed by atoms with E-state index in [0.29, 0.717) is 34.9 Å². The Hall–Kier alpha value is -8.20. The number of hydrogen-bond acceptors (Lipinski definition) is 7. The number of rotatable bonds is 7. The fraction of sp³-hybridized carbons (Fsp3) is 0. The van der Waals surface area contributed by atoms with Crippen LogP contribution in [0.4, 0.5) is 0 Å². The van der Waals surface area contributed by atoms with Crippen molar-refractivity contribution in [2.24, 2.45) is 0 Å². The predicted molar refractivity (Wildman–Crippen MR) is 253 cm³/mol. The molecule has 0 spiro atoms. The first-order valence-electron chi connectivity index (χ1n) is 20.5. The van der Waals surface area contributed by atoms with Gasteiger partial charge in [-0.2, -0.15) is 0 Å². The Bertz CT molecular complexity index is 3510. The van der Waals surface area contributed by atoms with Gasteiger partial charge in [-0.1, -0.05) is 158 Å². The molecule has 0 amide bonds. The van der Waals surface area contributed by atoms with Crippen LogP contribution in [0.15, 0.2) is 200 Å². The molecule has 8 aromatic carbocycles. The summed E-state index contributed by atoms with van der Waals surface area (Å²) in [4.78, 5) is 30.9. The number of aromatic nitrogens is 7. The summed E-state index contributed by atoms with van der Waals surface area (Å²) in [5.74, 6) is 3.41. The molecule has 12 rings (SSSR count). The van der Waals surface area contributed by atoms with Crippen LogP contribution in [0.3, 0.4) is 0 Å². The van der Waals surface area contributed by atoms with E-state index in [2.05, 4.69) is 83.4 Å². The second-order valence-corrected chi connectivity index (χ2v) is 16.2. The molecule has 8 heteroatoms. The fourth-order valence-electron chi connectivity index (χ4n) is 8.36. The third-order valence-corrected chi connectivity index (χ3v) is 12.4. The highest BCUT2D eigenvalue weighted by Gasteiger charge is 2.23. The van der Waals surface area contributed by atoms with Crippen molar-refractivity contribution in [3.05, 3.63) is 200 Å². The maximum atomic E-state index is 5.29. The maximum Gasteiger partial charge on any atom is 0.166 e. The average molecular weight is 812 g/mol. The largest absolute Gasteiger partial charge is 0.308 e. The zero-order valence-corrected chi connectivity index (χ0v) is 33.9. The lowest BCUT2D eigenvalue weighted by atomic mass is 10.1. The van der Waals surface area contributed by atoms with E-state index in [1.165, 1.54) is 30.9 Å². The van der Waals surface area contributed by atoms with Crippen LogP contribution in [-0.4, -0.2) is 34.5 Å². The fourth-order valence-corrected chi connectivity index (χ4v) is 9.49. The van der Waals surface area contributed by atoms with Crippen LogP contribution in [0.25, 0.3) is 116 Å². The summed E-state index contributed by atoms with van der Waals surface area (Å²) in [7, 11) is 0. The molecule has 0 fully saturated rings. The molecular formula is C54H33N7S. The minimum Gasteiger partial charge on any atom is -0.308 e. The molecule has 0 unspecified atom stereocenters. The van der Waals surface area contributed by atoms with Crippen molar-refractivity contribution in [2.75, 3.05) is 0 Å². The predicted octanol–water partition coefficient (Wildman–Crippen LogP) is 13.5. The Morgan fingerprint density at radius 1 is 0.290 bits per heavy atom. The first-order chi connectivity index (χ1) is 30.7. The normalized spacial score (nSPS) is 11.5. The Labute approximate surface area is 360 Å². The van der Waals surface area contributed by atoms with Gasteiger partial charge in [-0.3, -0.25) is 0 Å². The molecule has 0 aliphatic heterocycles. The highest BCUT2D eigenvalue weighted by atomic mass is 32.1. The molecular weight excluding hydrogens is 779 g/mol. The van der Waals surface area contributed by atoms with E-state index in [-0.39, 0.29) is 0 Å². The Morgan fingerprint density at radius 3 is 1.29 bits per heavy atom. The number of para-hydroxylation sites is 1. The molecule has 4 heterocycles. The summed E-state index contributed by atoms with van der Waals surface area (Å²) in [5.41, 5.74) is 8.30. The lowest BCUT2D eigenvalue weighted by Crippen LogP contribution is -2.05. The molecule has 290 valence electrons. The summed E-state index contributed by atoms with van der Waals surface area (Å²) >= 11 is 1.83. The summed E-state index contributed by atoms with van der Waals surface area (Å²) in [6.07, 6.45) is 0. The lowest BCUT2D eigenvalue weighted by molar-refractivity contribution is 1.06.